The Hall–Kier alpha value is -2.44. The molecule has 2 heterocycles. The summed E-state index contributed by atoms with van der Waals surface area (Å²) in [6.07, 6.45) is 8.64. The van der Waals surface area contributed by atoms with Crippen molar-refractivity contribution in [3.63, 3.8) is 0 Å². The molecule has 0 saturated carbocycles. The number of nitrogens with one attached hydrogen (secondary N) is 1. The molecular formula is C15H22N6O. The monoisotopic (exact) mass is 302 g/mol. The van der Waals surface area contributed by atoms with Gasteiger partial charge in [0.15, 0.2) is 0 Å². The highest BCUT2D eigenvalue weighted by Gasteiger charge is 2.21. The van der Waals surface area contributed by atoms with Gasteiger partial charge in [-0.3, -0.25) is 4.79 Å². The van der Waals surface area contributed by atoms with Gasteiger partial charge in [-0.15, -0.1) is 0 Å². The van der Waals surface area contributed by atoms with Gasteiger partial charge in [-0.25, -0.2) is 15.0 Å². The first-order chi connectivity index (χ1) is 10.6. The molecule has 0 aliphatic rings. The Balaban J connectivity index is 2.37. The van der Waals surface area contributed by atoms with E-state index < -0.39 is 0 Å². The number of hydrogen-bond acceptors (Lipinski definition) is 5. The fourth-order valence-electron chi connectivity index (χ4n) is 2.29. The van der Waals surface area contributed by atoms with Gasteiger partial charge in [-0.1, -0.05) is 13.3 Å². The van der Waals surface area contributed by atoms with Crippen LogP contribution in [0.3, 0.4) is 0 Å². The molecule has 0 bridgehead atoms. The molecule has 2 aromatic rings. The molecule has 0 spiro atoms. The average molecular weight is 302 g/mol. The van der Waals surface area contributed by atoms with Crippen molar-refractivity contribution in [3.05, 3.63) is 24.8 Å². The van der Waals surface area contributed by atoms with Crippen LogP contribution in [-0.4, -0.2) is 46.6 Å². The van der Waals surface area contributed by atoms with Crippen molar-refractivity contribution in [2.24, 2.45) is 0 Å². The summed E-state index contributed by atoms with van der Waals surface area (Å²) in [5.74, 6) is 1.32. The van der Waals surface area contributed by atoms with Crippen LogP contribution in [-0.2, 0) is 4.79 Å². The summed E-state index contributed by atoms with van der Waals surface area (Å²) in [5.41, 5.74) is 0.792. The Bertz CT molecular complexity index is 619. The van der Waals surface area contributed by atoms with Gasteiger partial charge < -0.3 is 14.8 Å². The van der Waals surface area contributed by atoms with Crippen molar-refractivity contribution in [3.8, 4) is 11.4 Å². The van der Waals surface area contributed by atoms with Crippen molar-refractivity contribution in [1.82, 2.24) is 24.8 Å². The van der Waals surface area contributed by atoms with Crippen LogP contribution in [0.4, 0.5) is 5.95 Å². The van der Waals surface area contributed by atoms with Crippen LogP contribution in [0.1, 0.15) is 25.8 Å². The maximum absolute atomic E-state index is 12.1. The predicted molar refractivity (Wildman–Crippen MR) is 85.6 cm³/mol. The Morgan fingerprint density at radius 2 is 2.00 bits per heavy atom. The van der Waals surface area contributed by atoms with Gasteiger partial charge in [0.2, 0.25) is 11.9 Å². The molecule has 2 rings (SSSR count). The number of carbonyl (C=O) groups is 1. The van der Waals surface area contributed by atoms with Gasteiger partial charge in [-0.05, 0) is 6.42 Å². The van der Waals surface area contributed by atoms with E-state index in [-0.39, 0.29) is 11.9 Å². The largest absolute Gasteiger partial charge is 0.357 e. The SMILES string of the molecule is CCC[C@H](C(=O)NC)n1ccnc1-c1cnc(N(C)C)nc1. The molecule has 0 saturated heterocycles. The summed E-state index contributed by atoms with van der Waals surface area (Å²) in [6, 6.07) is -0.277. The Morgan fingerprint density at radius 1 is 1.32 bits per heavy atom. The second-order valence-electron chi connectivity index (χ2n) is 5.24. The average Bonchev–Trinajstić information content (AvgIpc) is 3.01. The van der Waals surface area contributed by atoms with Crippen LogP contribution in [0, 0.1) is 0 Å². The van der Waals surface area contributed by atoms with Crippen LogP contribution >= 0.6 is 0 Å². The van der Waals surface area contributed by atoms with Gasteiger partial charge in [0.05, 0.1) is 5.56 Å². The summed E-state index contributed by atoms with van der Waals surface area (Å²) in [5, 5.41) is 2.72. The van der Waals surface area contributed by atoms with Gasteiger partial charge >= 0.3 is 0 Å². The normalized spacial score (nSPS) is 12.0. The fraction of sp³-hybridized carbons (Fsp3) is 0.467. The third-order valence-electron chi connectivity index (χ3n) is 3.41. The minimum Gasteiger partial charge on any atom is -0.357 e. The van der Waals surface area contributed by atoms with E-state index in [1.165, 1.54) is 0 Å². The Labute approximate surface area is 130 Å². The van der Waals surface area contributed by atoms with Crippen molar-refractivity contribution >= 4 is 11.9 Å². The Kier molecular flexibility index (Phi) is 5.08. The minimum atomic E-state index is -0.277. The standard InChI is InChI=1S/C15H22N6O/c1-5-6-12(14(22)16-2)21-8-7-17-13(21)11-9-18-15(19-10-11)20(3)4/h7-10,12H,5-6H2,1-4H3,(H,16,22)/t12-/m1/s1. The molecule has 0 aliphatic carbocycles. The first-order valence-electron chi connectivity index (χ1n) is 7.32. The van der Waals surface area contributed by atoms with Crippen molar-refractivity contribution < 1.29 is 4.79 Å². The fourth-order valence-corrected chi connectivity index (χ4v) is 2.29. The van der Waals surface area contributed by atoms with E-state index in [0.717, 1.165) is 18.4 Å². The highest BCUT2D eigenvalue weighted by atomic mass is 16.2. The molecular weight excluding hydrogens is 280 g/mol. The number of imidazole rings is 1. The number of amides is 1. The molecule has 1 atom stereocenters. The third kappa shape index (κ3) is 3.24. The Morgan fingerprint density at radius 3 is 2.55 bits per heavy atom. The summed E-state index contributed by atoms with van der Waals surface area (Å²) < 4.78 is 1.89. The van der Waals surface area contributed by atoms with Crippen molar-refractivity contribution in [1.29, 1.82) is 0 Å². The molecule has 1 amide bonds. The van der Waals surface area contributed by atoms with E-state index in [1.54, 1.807) is 25.6 Å². The lowest BCUT2D eigenvalue weighted by molar-refractivity contribution is -0.124. The van der Waals surface area contributed by atoms with E-state index >= 15 is 0 Å². The maximum Gasteiger partial charge on any atom is 0.242 e. The van der Waals surface area contributed by atoms with E-state index in [4.69, 9.17) is 0 Å². The van der Waals surface area contributed by atoms with E-state index in [2.05, 4.69) is 27.2 Å². The number of aromatic nitrogens is 4. The topological polar surface area (TPSA) is 75.9 Å². The molecule has 1 N–H and O–H groups in total. The molecule has 7 heteroatoms. The number of carbonyl (C=O) groups excluding carboxylic acids is 1. The van der Waals surface area contributed by atoms with Crippen molar-refractivity contribution in [2.45, 2.75) is 25.8 Å². The smallest absolute Gasteiger partial charge is 0.242 e. The maximum atomic E-state index is 12.1. The highest BCUT2D eigenvalue weighted by molar-refractivity contribution is 5.80. The lowest BCUT2D eigenvalue weighted by atomic mass is 10.1. The first kappa shape index (κ1) is 15.9. The second-order valence-corrected chi connectivity index (χ2v) is 5.24. The van der Waals surface area contributed by atoms with Gasteiger partial charge in [0, 0.05) is 45.9 Å². The molecule has 0 unspecified atom stereocenters. The van der Waals surface area contributed by atoms with E-state index in [0.29, 0.717) is 11.8 Å². The zero-order chi connectivity index (χ0) is 16.1. The van der Waals surface area contributed by atoms with Crippen LogP contribution in [0.5, 0.6) is 0 Å². The van der Waals surface area contributed by atoms with Crippen LogP contribution < -0.4 is 10.2 Å². The zero-order valence-corrected chi connectivity index (χ0v) is 13.4. The summed E-state index contributed by atoms with van der Waals surface area (Å²) in [7, 11) is 5.42. The lowest BCUT2D eigenvalue weighted by Crippen LogP contribution is -2.30. The summed E-state index contributed by atoms with van der Waals surface area (Å²) in [4.78, 5) is 26.9. The number of hydrogen-bond donors (Lipinski definition) is 1. The van der Waals surface area contributed by atoms with Gasteiger partial charge in [0.25, 0.3) is 0 Å². The van der Waals surface area contributed by atoms with Gasteiger partial charge in [0.1, 0.15) is 11.9 Å². The number of nitrogens with zero attached hydrogens (tertiary/aromatic N) is 5. The number of rotatable bonds is 6. The summed E-state index contributed by atoms with van der Waals surface area (Å²) in [6.45, 7) is 2.06. The quantitative estimate of drug-likeness (QED) is 0.875. The zero-order valence-electron chi connectivity index (χ0n) is 13.4. The number of likely N-dealkylation sites (N-methyl/N-ethyl adjacent to an activating group) is 1. The molecule has 22 heavy (non-hydrogen) atoms. The molecule has 7 nitrogen and oxygen atoms in total. The molecule has 2 aromatic heterocycles. The first-order valence-corrected chi connectivity index (χ1v) is 7.32. The second kappa shape index (κ2) is 7.02. The van der Waals surface area contributed by atoms with Crippen LogP contribution in [0.2, 0.25) is 0 Å². The van der Waals surface area contributed by atoms with E-state index in [1.807, 2.05) is 29.8 Å². The van der Waals surface area contributed by atoms with E-state index in [9.17, 15) is 4.79 Å². The molecule has 0 aliphatic heterocycles. The molecule has 118 valence electrons. The predicted octanol–water partition coefficient (Wildman–Crippen LogP) is 1.49. The minimum absolute atomic E-state index is 0.0214. The van der Waals surface area contributed by atoms with Crippen molar-refractivity contribution in [2.75, 3.05) is 26.0 Å². The summed E-state index contributed by atoms with van der Waals surface area (Å²) >= 11 is 0. The highest BCUT2D eigenvalue weighted by Crippen LogP contribution is 2.23. The van der Waals surface area contributed by atoms with Crippen LogP contribution in [0.25, 0.3) is 11.4 Å². The molecule has 0 aromatic carbocycles. The molecule has 0 radical (unpaired) electrons. The lowest BCUT2D eigenvalue weighted by Gasteiger charge is -2.19. The third-order valence-corrected chi connectivity index (χ3v) is 3.41. The van der Waals surface area contributed by atoms with Gasteiger partial charge in [-0.2, -0.15) is 0 Å². The van der Waals surface area contributed by atoms with Crippen LogP contribution in [0.15, 0.2) is 24.8 Å². The number of anilines is 1. The molecule has 0 fully saturated rings.